The van der Waals surface area contributed by atoms with Crippen molar-refractivity contribution < 1.29 is 14.3 Å². The predicted octanol–water partition coefficient (Wildman–Crippen LogP) is 4.42. The van der Waals surface area contributed by atoms with Crippen LogP contribution in [0.4, 0.5) is 5.13 Å². The van der Waals surface area contributed by atoms with Crippen LogP contribution in [0.25, 0.3) is 10.2 Å². The third kappa shape index (κ3) is 3.85. The van der Waals surface area contributed by atoms with Crippen molar-refractivity contribution in [3.8, 4) is 0 Å². The lowest BCUT2D eigenvalue weighted by atomic mass is 10.1. The summed E-state index contributed by atoms with van der Waals surface area (Å²) in [4.78, 5) is 28.8. The summed E-state index contributed by atoms with van der Waals surface area (Å²) >= 11 is 1.33. The zero-order chi connectivity index (χ0) is 18.0. The molecule has 0 bridgehead atoms. The SMILES string of the molecule is Cc1ccccc1C(=O)Nc1nc2ccc(C(=O)OC(C)C)cc2s1. The molecule has 1 aromatic heterocycles. The van der Waals surface area contributed by atoms with Crippen LogP contribution in [-0.4, -0.2) is 23.0 Å². The number of rotatable bonds is 4. The predicted molar refractivity (Wildman–Crippen MR) is 99.3 cm³/mol. The van der Waals surface area contributed by atoms with Crippen molar-refractivity contribution >= 4 is 38.6 Å². The maximum atomic E-state index is 12.4. The van der Waals surface area contributed by atoms with Gasteiger partial charge in [-0.25, -0.2) is 9.78 Å². The number of carbonyl (C=O) groups excluding carboxylic acids is 2. The Morgan fingerprint density at radius 2 is 1.92 bits per heavy atom. The van der Waals surface area contributed by atoms with Crippen molar-refractivity contribution in [1.82, 2.24) is 4.98 Å². The van der Waals surface area contributed by atoms with Crippen LogP contribution in [0.1, 0.15) is 40.1 Å². The van der Waals surface area contributed by atoms with Gasteiger partial charge >= 0.3 is 5.97 Å². The summed E-state index contributed by atoms with van der Waals surface area (Å²) in [5, 5.41) is 3.32. The van der Waals surface area contributed by atoms with E-state index in [9.17, 15) is 9.59 Å². The molecule has 0 radical (unpaired) electrons. The van der Waals surface area contributed by atoms with Crippen molar-refractivity contribution in [3.63, 3.8) is 0 Å². The molecule has 0 atom stereocenters. The van der Waals surface area contributed by atoms with E-state index < -0.39 is 0 Å². The molecule has 0 saturated heterocycles. The maximum absolute atomic E-state index is 12.4. The van der Waals surface area contributed by atoms with E-state index in [0.29, 0.717) is 16.3 Å². The molecule has 5 nitrogen and oxygen atoms in total. The first-order valence-electron chi connectivity index (χ1n) is 7.92. The number of aryl methyl sites for hydroxylation is 1. The van der Waals surface area contributed by atoms with Crippen LogP contribution in [0.15, 0.2) is 42.5 Å². The Labute approximate surface area is 149 Å². The normalized spacial score (nSPS) is 10.9. The van der Waals surface area contributed by atoms with Crippen LogP contribution in [0.3, 0.4) is 0 Å². The van der Waals surface area contributed by atoms with E-state index in [1.54, 1.807) is 24.3 Å². The van der Waals surface area contributed by atoms with Crippen molar-refractivity contribution in [2.45, 2.75) is 26.9 Å². The third-order valence-electron chi connectivity index (χ3n) is 3.58. The zero-order valence-electron chi connectivity index (χ0n) is 14.2. The van der Waals surface area contributed by atoms with Gasteiger partial charge in [0.1, 0.15) is 0 Å². The second kappa shape index (κ2) is 7.03. The van der Waals surface area contributed by atoms with Gasteiger partial charge in [0.25, 0.3) is 5.91 Å². The number of esters is 1. The highest BCUT2D eigenvalue weighted by Gasteiger charge is 2.14. The number of amides is 1. The first-order chi connectivity index (χ1) is 11.9. The minimum atomic E-state index is -0.365. The first kappa shape index (κ1) is 17.1. The number of thiazole rings is 1. The standard InChI is InChI=1S/C19H18N2O3S/c1-11(2)24-18(23)13-8-9-15-16(10-13)25-19(20-15)21-17(22)14-7-5-4-6-12(14)3/h4-11H,1-3H3,(H,20,21,22). The molecule has 6 heteroatoms. The summed E-state index contributed by atoms with van der Waals surface area (Å²) in [5.74, 6) is -0.563. The van der Waals surface area contributed by atoms with E-state index >= 15 is 0 Å². The average molecular weight is 354 g/mol. The fourth-order valence-electron chi connectivity index (χ4n) is 2.38. The molecule has 0 aliphatic carbocycles. The summed E-state index contributed by atoms with van der Waals surface area (Å²) in [6, 6.07) is 12.6. The second-order valence-corrected chi connectivity index (χ2v) is 6.96. The van der Waals surface area contributed by atoms with Gasteiger partial charge in [-0.3, -0.25) is 10.1 Å². The molecule has 0 aliphatic heterocycles. The zero-order valence-corrected chi connectivity index (χ0v) is 15.0. The van der Waals surface area contributed by atoms with Crippen LogP contribution in [0.2, 0.25) is 0 Å². The fourth-order valence-corrected chi connectivity index (χ4v) is 3.28. The molecular weight excluding hydrogens is 336 g/mol. The monoisotopic (exact) mass is 354 g/mol. The lowest BCUT2D eigenvalue weighted by Crippen LogP contribution is -2.12. The van der Waals surface area contributed by atoms with Crippen LogP contribution in [0.5, 0.6) is 0 Å². The number of nitrogens with zero attached hydrogens (tertiary/aromatic N) is 1. The Morgan fingerprint density at radius 3 is 2.64 bits per heavy atom. The van der Waals surface area contributed by atoms with Crippen molar-refractivity contribution in [3.05, 3.63) is 59.2 Å². The van der Waals surface area contributed by atoms with Gasteiger partial charge in [-0.1, -0.05) is 29.5 Å². The molecule has 0 saturated carbocycles. The molecule has 3 rings (SSSR count). The molecule has 128 valence electrons. The number of anilines is 1. The maximum Gasteiger partial charge on any atom is 0.338 e. The topological polar surface area (TPSA) is 68.3 Å². The molecule has 1 heterocycles. The number of benzene rings is 2. The summed E-state index contributed by atoms with van der Waals surface area (Å²) in [6.07, 6.45) is -0.173. The highest BCUT2D eigenvalue weighted by atomic mass is 32.1. The first-order valence-corrected chi connectivity index (χ1v) is 8.74. The average Bonchev–Trinajstić information content (AvgIpc) is 2.95. The van der Waals surface area contributed by atoms with Crippen molar-refractivity contribution in [2.75, 3.05) is 5.32 Å². The summed E-state index contributed by atoms with van der Waals surface area (Å²) < 4.78 is 6.02. The van der Waals surface area contributed by atoms with Gasteiger partial charge in [0.05, 0.1) is 21.9 Å². The summed E-state index contributed by atoms with van der Waals surface area (Å²) in [6.45, 7) is 5.50. The highest BCUT2D eigenvalue weighted by Crippen LogP contribution is 2.27. The lowest BCUT2D eigenvalue weighted by Gasteiger charge is -2.07. The Bertz CT molecular complexity index is 947. The minimum Gasteiger partial charge on any atom is -0.459 e. The molecule has 0 spiro atoms. The largest absolute Gasteiger partial charge is 0.459 e. The van der Waals surface area contributed by atoms with E-state index in [4.69, 9.17) is 4.74 Å². The number of fused-ring (bicyclic) bond motifs is 1. The van der Waals surface area contributed by atoms with Crippen LogP contribution in [-0.2, 0) is 4.74 Å². The van der Waals surface area contributed by atoms with Crippen molar-refractivity contribution in [1.29, 1.82) is 0 Å². The van der Waals surface area contributed by atoms with Gasteiger partial charge in [-0.2, -0.15) is 0 Å². The van der Waals surface area contributed by atoms with Gasteiger partial charge in [0.15, 0.2) is 5.13 Å². The number of hydrogen-bond donors (Lipinski definition) is 1. The number of ether oxygens (including phenoxy) is 1. The molecule has 0 fully saturated rings. The third-order valence-corrected chi connectivity index (χ3v) is 4.51. The van der Waals surface area contributed by atoms with Gasteiger partial charge in [0.2, 0.25) is 0 Å². The summed E-state index contributed by atoms with van der Waals surface area (Å²) in [5.41, 5.74) is 2.72. The number of carbonyl (C=O) groups is 2. The van der Waals surface area contributed by atoms with E-state index in [0.717, 1.165) is 15.8 Å². The molecule has 1 amide bonds. The van der Waals surface area contributed by atoms with Gasteiger partial charge in [-0.15, -0.1) is 0 Å². The van der Waals surface area contributed by atoms with Crippen LogP contribution >= 0.6 is 11.3 Å². The molecule has 25 heavy (non-hydrogen) atoms. The Kier molecular flexibility index (Phi) is 4.81. The minimum absolute atomic E-state index is 0.173. The van der Waals surface area contributed by atoms with E-state index in [2.05, 4.69) is 10.3 Å². The van der Waals surface area contributed by atoms with E-state index in [-0.39, 0.29) is 18.0 Å². The van der Waals surface area contributed by atoms with Gasteiger partial charge in [-0.05, 0) is 50.6 Å². The van der Waals surface area contributed by atoms with Gasteiger partial charge in [0, 0.05) is 5.56 Å². The smallest absolute Gasteiger partial charge is 0.338 e. The fraction of sp³-hybridized carbons (Fsp3) is 0.211. The quantitative estimate of drug-likeness (QED) is 0.704. The van der Waals surface area contributed by atoms with E-state index in [1.165, 1.54) is 11.3 Å². The van der Waals surface area contributed by atoms with Crippen LogP contribution in [0, 0.1) is 6.92 Å². The molecule has 0 aliphatic rings. The Morgan fingerprint density at radius 1 is 1.16 bits per heavy atom. The summed E-state index contributed by atoms with van der Waals surface area (Å²) in [7, 11) is 0. The Balaban J connectivity index is 1.83. The lowest BCUT2D eigenvalue weighted by molar-refractivity contribution is 0.0378. The molecule has 1 N–H and O–H groups in total. The molecule has 0 unspecified atom stereocenters. The molecule has 3 aromatic rings. The highest BCUT2D eigenvalue weighted by molar-refractivity contribution is 7.22. The van der Waals surface area contributed by atoms with Gasteiger partial charge < -0.3 is 4.74 Å². The van der Waals surface area contributed by atoms with E-state index in [1.807, 2.05) is 39.0 Å². The van der Waals surface area contributed by atoms with Crippen LogP contribution < -0.4 is 5.32 Å². The number of hydrogen-bond acceptors (Lipinski definition) is 5. The second-order valence-electron chi connectivity index (χ2n) is 5.92. The number of nitrogens with one attached hydrogen (secondary N) is 1. The molecular formula is C19H18N2O3S. The Hall–Kier alpha value is -2.73. The number of aromatic nitrogens is 1. The van der Waals surface area contributed by atoms with Crippen molar-refractivity contribution in [2.24, 2.45) is 0 Å². The molecule has 2 aromatic carbocycles.